The molecule has 1 atom stereocenters. The lowest BCUT2D eigenvalue weighted by molar-refractivity contribution is -0.146. The first-order valence-corrected chi connectivity index (χ1v) is 11.8. The molecule has 1 unspecified atom stereocenters. The highest BCUT2D eigenvalue weighted by atomic mass is 16.5. The molecule has 7 heteroatoms. The van der Waals surface area contributed by atoms with E-state index >= 15 is 0 Å². The van der Waals surface area contributed by atoms with Gasteiger partial charge in [0.15, 0.2) is 6.10 Å². The van der Waals surface area contributed by atoms with Crippen LogP contribution < -0.4 is 14.8 Å². The van der Waals surface area contributed by atoms with Crippen molar-refractivity contribution < 1.29 is 28.6 Å². The molecule has 3 aromatic rings. The number of hydrogen-bond acceptors (Lipinski definition) is 6. The predicted molar refractivity (Wildman–Crippen MR) is 138 cm³/mol. The number of rotatable bonds is 11. The number of esters is 1. The molecule has 0 aromatic heterocycles. The van der Waals surface area contributed by atoms with Crippen LogP contribution in [0.1, 0.15) is 47.7 Å². The van der Waals surface area contributed by atoms with Crippen molar-refractivity contribution in [1.82, 2.24) is 0 Å². The van der Waals surface area contributed by atoms with E-state index in [4.69, 9.17) is 14.2 Å². The molecule has 1 N–H and O–H groups in total. The zero-order valence-electron chi connectivity index (χ0n) is 21.0. The molecular formula is C29H31NO6. The second-order valence-electron chi connectivity index (χ2n) is 8.50. The Morgan fingerprint density at radius 1 is 0.806 bits per heavy atom. The van der Waals surface area contributed by atoms with E-state index in [0.29, 0.717) is 29.2 Å². The standard InChI is InChI=1S/C29H31NO6/c1-19-8-13-26(18-20(19)2)36-25-16-11-23(12-17-25)30-27(31)6-5-7-28(32)35-21(3)29(33)22-9-14-24(34-4)15-10-22/h8-18,21H,5-7H2,1-4H3,(H,30,31). The van der Waals surface area contributed by atoms with Crippen LogP contribution >= 0.6 is 0 Å². The molecular weight excluding hydrogens is 458 g/mol. The molecule has 7 nitrogen and oxygen atoms in total. The summed E-state index contributed by atoms with van der Waals surface area (Å²) in [5.41, 5.74) is 3.42. The van der Waals surface area contributed by atoms with Gasteiger partial charge in [-0.15, -0.1) is 0 Å². The van der Waals surface area contributed by atoms with E-state index in [-0.39, 0.29) is 24.5 Å². The minimum Gasteiger partial charge on any atom is -0.497 e. The lowest BCUT2D eigenvalue weighted by atomic mass is 10.1. The Morgan fingerprint density at radius 2 is 1.44 bits per heavy atom. The van der Waals surface area contributed by atoms with Gasteiger partial charge >= 0.3 is 5.97 Å². The zero-order chi connectivity index (χ0) is 26.1. The second kappa shape index (κ2) is 12.5. The first kappa shape index (κ1) is 26.5. The Hall–Kier alpha value is -4.13. The smallest absolute Gasteiger partial charge is 0.306 e. The molecule has 3 rings (SSSR count). The third-order valence-corrected chi connectivity index (χ3v) is 5.69. The third-order valence-electron chi connectivity index (χ3n) is 5.69. The number of hydrogen-bond donors (Lipinski definition) is 1. The lowest BCUT2D eigenvalue weighted by Gasteiger charge is -2.13. The number of ether oxygens (including phenoxy) is 3. The Labute approximate surface area is 211 Å². The summed E-state index contributed by atoms with van der Waals surface area (Å²) in [6.07, 6.45) is -0.417. The van der Waals surface area contributed by atoms with Crippen LogP contribution in [0.5, 0.6) is 17.2 Å². The van der Waals surface area contributed by atoms with Gasteiger partial charge in [-0.2, -0.15) is 0 Å². The summed E-state index contributed by atoms with van der Waals surface area (Å²) in [6, 6.07) is 19.6. The van der Waals surface area contributed by atoms with Gasteiger partial charge in [-0.3, -0.25) is 14.4 Å². The SMILES string of the molecule is COc1ccc(C(=O)C(C)OC(=O)CCCC(=O)Nc2ccc(Oc3ccc(C)c(C)c3)cc2)cc1. The minimum atomic E-state index is -0.913. The number of Topliss-reactive ketones (excluding diaryl/α,β-unsaturated/α-hetero) is 1. The van der Waals surface area contributed by atoms with Gasteiger partial charge in [0.2, 0.25) is 11.7 Å². The highest BCUT2D eigenvalue weighted by Crippen LogP contribution is 2.25. The fraction of sp³-hybridized carbons (Fsp3) is 0.276. The fourth-order valence-electron chi connectivity index (χ4n) is 3.44. The maximum atomic E-state index is 12.4. The van der Waals surface area contributed by atoms with Gasteiger partial charge < -0.3 is 19.5 Å². The van der Waals surface area contributed by atoms with Crippen molar-refractivity contribution in [3.63, 3.8) is 0 Å². The molecule has 0 saturated heterocycles. The van der Waals surface area contributed by atoms with E-state index < -0.39 is 12.1 Å². The molecule has 0 spiro atoms. The number of carbonyl (C=O) groups excluding carboxylic acids is 3. The van der Waals surface area contributed by atoms with Gasteiger partial charge in [-0.1, -0.05) is 6.07 Å². The van der Waals surface area contributed by atoms with Crippen LogP contribution in [-0.4, -0.2) is 30.9 Å². The van der Waals surface area contributed by atoms with E-state index in [1.807, 2.05) is 32.0 Å². The summed E-state index contributed by atoms with van der Waals surface area (Å²) in [5.74, 6) is 1.02. The van der Waals surface area contributed by atoms with Crippen LogP contribution in [0.4, 0.5) is 5.69 Å². The largest absolute Gasteiger partial charge is 0.497 e. The maximum absolute atomic E-state index is 12.4. The quantitative estimate of drug-likeness (QED) is 0.261. The number of methoxy groups -OCH3 is 1. The normalized spacial score (nSPS) is 11.3. The number of nitrogens with one attached hydrogen (secondary N) is 1. The van der Waals surface area contributed by atoms with Crippen molar-refractivity contribution in [3.8, 4) is 17.2 Å². The molecule has 188 valence electrons. The molecule has 0 fully saturated rings. The van der Waals surface area contributed by atoms with Crippen LogP contribution in [0.2, 0.25) is 0 Å². The molecule has 0 radical (unpaired) electrons. The van der Waals surface area contributed by atoms with Gasteiger partial charge in [-0.25, -0.2) is 0 Å². The average molecular weight is 490 g/mol. The molecule has 1 amide bonds. The van der Waals surface area contributed by atoms with Crippen molar-refractivity contribution in [3.05, 3.63) is 83.4 Å². The highest BCUT2D eigenvalue weighted by Gasteiger charge is 2.19. The number of anilines is 1. The summed E-state index contributed by atoms with van der Waals surface area (Å²) < 4.78 is 16.2. The zero-order valence-corrected chi connectivity index (χ0v) is 21.0. The highest BCUT2D eigenvalue weighted by molar-refractivity contribution is 6.00. The van der Waals surface area contributed by atoms with E-state index in [2.05, 4.69) is 5.32 Å². The summed E-state index contributed by atoms with van der Waals surface area (Å²) in [6.45, 7) is 5.61. The van der Waals surface area contributed by atoms with Crippen molar-refractivity contribution >= 4 is 23.3 Å². The van der Waals surface area contributed by atoms with Gasteiger partial charge in [0.1, 0.15) is 17.2 Å². The Bertz CT molecular complexity index is 1200. The Kier molecular flexibility index (Phi) is 9.22. The molecule has 0 saturated carbocycles. The number of aryl methyl sites for hydroxylation is 2. The van der Waals surface area contributed by atoms with Crippen LogP contribution in [-0.2, 0) is 14.3 Å². The summed E-state index contributed by atoms with van der Waals surface area (Å²) in [7, 11) is 1.54. The third kappa shape index (κ3) is 7.70. The predicted octanol–water partition coefficient (Wildman–Crippen LogP) is 6.03. The van der Waals surface area contributed by atoms with Crippen molar-refractivity contribution in [2.24, 2.45) is 0 Å². The Morgan fingerprint density at radius 3 is 2.08 bits per heavy atom. The summed E-state index contributed by atoms with van der Waals surface area (Å²) in [4.78, 5) is 36.8. The molecule has 0 aliphatic heterocycles. The van der Waals surface area contributed by atoms with Crippen LogP contribution in [0.15, 0.2) is 66.7 Å². The van der Waals surface area contributed by atoms with E-state index in [0.717, 1.165) is 11.3 Å². The van der Waals surface area contributed by atoms with Crippen LogP contribution in [0.25, 0.3) is 0 Å². The number of carbonyl (C=O) groups is 3. The molecule has 3 aromatic carbocycles. The lowest BCUT2D eigenvalue weighted by Crippen LogP contribution is -2.24. The number of amides is 1. The van der Waals surface area contributed by atoms with Gasteiger partial charge in [0.25, 0.3) is 0 Å². The minimum absolute atomic E-state index is 0.0381. The van der Waals surface area contributed by atoms with Gasteiger partial charge in [0.05, 0.1) is 7.11 Å². The van der Waals surface area contributed by atoms with E-state index in [1.165, 1.54) is 12.5 Å². The van der Waals surface area contributed by atoms with Crippen LogP contribution in [0.3, 0.4) is 0 Å². The topological polar surface area (TPSA) is 90.9 Å². The van der Waals surface area contributed by atoms with Crippen molar-refractivity contribution in [1.29, 1.82) is 0 Å². The van der Waals surface area contributed by atoms with E-state index in [1.54, 1.807) is 55.6 Å². The number of ketones is 1. The first-order chi connectivity index (χ1) is 17.2. The van der Waals surface area contributed by atoms with Gasteiger partial charge in [0, 0.05) is 24.1 Å². The summed E-state index contributed by atoms with van der Waals surface area (Å²) >= 11 is 0. The Balaban J connectivity index is 1.39. The maximum Gasteiger partial charge on any atom is 0.306 e. The fourth-order valence-corrected chi connectivity index (χ4v) is 3.44. The van der Waals surface area contributed by atoms with Gasteiger partial charge in [-0.05, 0) is 99.0 Å². The molecule has 0 heterocycles. The van der Waals surface area contributed by atoms with Crippen molar-refractivity contribution in [2.45, 2.75) is 46.1 Å². The molecule has 0 bridgehead atoms. The monoisotopic (exact) mass is 489 g/mol. The molecule has 36 heavy (non-hydrogen) atoms. The molecule has 0 aliphatic rings. The van der Waals surface area contributed by atoms with Crippen molar-refractivity contribution in [2.75, 3.05) is 12.4 Å². The van der Waals surface area contributed by atoms with E-state index in [9.17, 15) is 14.4 Å². The molecule has 0 aliphatic carbocycles. The average Bonchev–Trinajstić information content (AvgIpc) is 2.87. The summed E-state index contributed by atoms with van der Waals surface area (Å²) in [5, 5.41) is 2.80. The second-order valence-corrected chi connectivity index (χ2v) is 8.50. The first-order valence-electron chi connectivity index (χ1n) is 11.8. The number of benzene rings is 3. The van der Waals surface area contributed by atoms with Crippen LogP contribution in [0, 0.1) is 13.8 Å².